The summed E-state index contributed by atoms with van der Waals surface area (Å²) in [6.07, 6.45) is 1.68. The normalized spacial score (nSPS) is 10.8. The third kappa shape index (κ3) is 3.19. The minimum absolute atomic E-state index is 0.222. The molecule has 0 atom stereocenters. The van der Waals surface area contributed by atoms with Crippen molar-refractivity contribution in [1.29, 1.82) is 0 Å². The Bertz CT molecular complexity index is 1050. The second-order valence-corrected chi connectivity index (χ2v) is 6.84. The molecule has 26 heavy (non-hydrogen) atoms. The van der Waals surface area contributed by atoms with Gasteiger partial charge >= 0.3 is 0 Å². The first-order chi connectivity index (χ1) is 12.7. The molecule has 0 aliphatic carbocycles. The van der Waals surface area contributed by atoms with Gasteiger partial charge in [0.1, 0.15) is 11.6 Å². The van der Waals surface area contributed by atoms with E-state index in [1.165, 1.54) is 4.88 Å². The number of hydrogen-bond acceptors (Lipinski definition) is 4. The monoisotopic (exact) mass is 363 g/mol. The van der Waals surface area contributed by atoms with Crippen LogP contribution in [0.4, 0.5) is 5.82 Å². The number of aromatic nitrogens is 2. The number of rotatable bonds is 5. The van der Waals surface area contributed by atoms with Crippen LogP contribution in [-0.4, -0.2) is 22.8 Å². The Morgan fingerprint density at radius 3 is 2.69 bits per heavy atom. The van der Waals surface area contributed by atoms with Crippen LogP contribution in [0.3, 0.4) is 0 Å². The third-order valence-electron chi connectivity index (χ3n) is 4.16. The Kier molecular flexibility index (Phi) is 4.41. The molecule has 0 bridgehead atoms. The van der Waals surface area contributed by atoms with Gasteiger partial charge in [0, 0.05) is 10.9 Å². The fraction of sp³-hybridized carbons (Fsp3) is 0.100. The van der Waals surface area contributed by atoms with E-state index in [-0.39, 0.29) is 5.91 Å². The number of nitrogens with zero attached hydrogens (tertiary/aromatic N) is 2. The number of methoxy groups -OCH3 is 1. The maximum absolute atomic E-state index is 12.9. The highest BCUT2D eigenvalue weighted by Crippen LogP contribution is 2.27. The van der Waals surface area contributed by atoms with Crippen LogP contribution in [0.25, 0.3) is 10.8 Å². The minimum atomic E-state index is -0.222. The summed E-state index contributed by atoms with van der Waals surface area (Å²) in [6, 6.07) is 17.5. The zero-order chi connectivity index (χ0) is 17.9. The van der Waals surface area contributed by atoms with Crippen molar-refractivity contribution in [2.75, 3.05) is 12.4 Å². The van der Waals surface area contributed by atoms with Gasteiger partial charge in [0.25, 0.3) is 5.91 Å². The first-order valence-corrected chi connectivity index (χ1v) is 9.05. The molecular weight excluding hydrogens is 346 g/mol. The lowest BCUT2D eigenvalue weighted by Crippen LogP contribution is -2.17. The molecule has 0 saturated heterocycles. The van der Waals surface area contributed by atoms with Gasteiger partial charge in [-0.2, -0.15) is 5.10 Å². The van der Waals surface area contributed by atoms with E-state index in [2.05, 4.69) is 10.4 Å². The molecule has 1 N–H and O–H groups in total. The molecule has 4 rings (SSSR count). The molecule has 2 heterocycles. The summed E-state index contributed by atoms with van der Waals surface area (Å²) < 4.78 is 7.20. The number of carbonyl (C=O) groups excluding carboxylic acids is 1. The lowest BCUT2D eigenvalue weighted by atomic mass is 10.1. The summed E-state index contributed by atoms with van der Waals surface area (Å²) in [7, 11) is 1.57. The van der Waals surface area contributed by atoms with E-state index >= 15 is 0 Å². The second kappa shape index (κ2) is 7.01. The number of nitrogens with one attached hydrogen (secondary N) is 1. The molecule has 2 aromatic carbocycles. The Morgan fingerprint density at radius 1 is 1.15 bits per heavy atom. The molecule has 0 radical (unpaired) electrons. The highest BCUT2D eigenvalue weighted by Gasteiger charge is 2.16. The molecule has 1 amide bonds. The molecule has 0 saturated carbocycles. The molecule has 6 heteroatoms. The fourth-order valence-corrected chi connectivity index (χ4v) is 3.55. The van der Waals surface area contributed by atoms with Crippen LogP contribution < -0.4 is 10.1 Å². The zero-order valence-corrected chi connectivity index (χ0v) is 15.0. The number of benzene rings is 2. The van der Waals surface area contributed by atoms with Crippen molar-refractivity contribution in [2.45, 2.75) is 6.54 Å². The number of anilines is 1. The van der Waals surface area contributed by atoms with Crippen molar-refractivity contribution in [3.05, 3.63) is 76.6 Å². The van der Waals surface area contributed by atoms with Crippen molar-refractivity contribution >= 4 is 33.8 Å². The Hall–Kier alpha value is -3.12. The van der Waals surface area contributed by atoms with E-state index < -0.39 is 0 Å². The van der Waals surface area contributed by atoms with Crippen LogP contribution in [0.5, 0.6) is 5.75 Å². The van der Waals surface area contributed by atoms with E-state index in [9.17, 15) is 4.79 Å². The van der Waals surface area contributed by atoms with E-state index in [0.29, 0.717) is 23.7 Å². The van der Waals surface area contributed by atoms with Crippen molar-refractivity contribution in [3.8, 4) is 5.75 Å². The Labute approximate surface area is 154 Å². The predicted molar refractivity (Wildman–Crippen MR) is 104 cm³/mol. The molecular formula is C20H17N3O2S. The fourth-order valence-electron chi connectivity index (χ4n) is 2.86. The van der Waals surface area contributed by atoms with Gasteiger partial charge in [-0.05, 0) is 34.4 Å². The number of amides is 1. The van der Waals surface area contributed by atoms with Crippen LogP contribution in [0.15, 0.2) is 66.2 Å². The van der Waals surface area contributed by atoms with Crippen LogP contribution in [0.2, 0.25) is 0 Å². The smallest absolute Gasteiger partial charge is 0.260 e. The molecule has 2 aromatic heterocycles. The number of hydrogen-bond donors (Lipinski definition) is 1. The van der Waals surface area contributed by atoms with Crippen LogP contribution >= 0.6 is 11.3 Å². The summed E-state index contributed by atoms with van der Waals surface area (Å²) >= 11 is 1.66. The van der Waals surface area contributed by atoms with Gasteiger partial charge in [-0.1, -0.05) is 30.3 Å². The molecule has 0 aliphatic rings. The molecule has 5 nitrogen and oxygen atoms in total. The quantitative estimate of drug-likeness (QED) is 0.571. The van der Waals surface area contributed by atoms with E-state index in [1.54, 1.807) is 35.4 Å². The van der Waals surface area contributed by atoms with Crippen LogP contribution in [0, 0.1) is 0 Å². The average molecular weight is 363 g/mol. The van der Waals surface area contributed by atoms with Gasteiger partial charge in [0.05, 0.1) is 25.4 Å². The standard InChI is InChI=1S/C20H17N3O2S/c1-25-18-12-15-6-3-2-5-14(15)11-17(18)20(24)22-19-8-9-21-23(19)13-16-7-4-10-26-16/h2-12H,13H2,1H3,(H,22,24). The topological polar surface area (TPSA) is 56.1 Å². The average Bonchev–Trinajstić information content (AvgIpc) is 3.33. The van der Waals surface area contributed by atoms with Gasteiger partial charge in [0.15, 0.2) is 0 Å². The third-order valence-corrected chi connectivity index (χ3v) is 5.02. The maximum atomic E-state index is 12.9. The summed E-state index contributed by atoms with van der Waals surface area (Å²) in [5.41, 5.74) is 0.495. The van der Waals surface area contributed by atoms with Gasteiger partial charge in [-0.15, -0.1) is 11.3 Å². The number of ether oxygens (including phenoxy) is 1. The van der Waals surface area contributed by atoms with E-state index in [0.717, 1.165) is 10.8 Å². The molecule has 0 fully saturated rings. The highest BCUT2D eigenvalue weighted by atomic mass is 32.1. The Balaban J connectivity index is 1.63. The van der Waals surface area contributed by atoms with Crippen molar-refractivity contribution in [1.82, 2.24) is 9.78 Å². The summed E-state index contributed by atoms with van der Waals surface area (Å²) in [6.45, 7) is 0.620. The zero-order valence-electron chi connectivity index (χ0n) is 14.2. The van der Waals surface area contributed by atoms with Crippen molar-refractivity contribution < 1.29 is 9.53 Å². The minimum Gasteiger partial charge on any atom is -0.496 e. The number of fused-ring (bicyclic) bond motifs is 1. The van der Waals surface area contributed by atoms with Gasteiger partial charge in [0.2, 0.25) is 0 Å². The number of carbonyl (C=O) groups is 1. The Morgan fingerprint density at radius 2 is 1.96 bits per heavy atom. The maximum Gasteiger partial charge on any atom is 0.260 e. The highest BCUT2D eigenvalue weighted by molar-refractivity contribution is 7.09. The summed E-state index contributed by atoms with van der Waals surface area (Å²) in [4.78, 5) is 14.0. The van der Waals surface area contributed by atoms with Crippen molar-refractivity contribution in [3.63, 3.8) is 0 Å². The van der Waals surface area contributed by atoms with Crippen LogP contribution in [-0.2, 0) is 6.54 Å². The largest absolute Gasteiger partial charge is 0.496 e. The SMILES string of the molecule is COc1cc2ccccc2cc1C(=O)Nc1ccnn1Cc1cccs1. The van der Waals surface area contributed by atoms with Gasteiger partial charge < -0.3 is 10.1 Å². The number of thiophene rings is 1. The molecule has 0 unspecified atom stereocenters. The second-order valence-electron chi connectivity index (χ2n) is 5.81. The molecule has 0 aliphatic heterocycles. The molecule has 130 valence electrons. The first kappa shape index (κ1) is 16.4. The lowest BCUT2D eigenvalue weighted by Gasteiger charge is -2.12. The van der Waals surface area contributed by atoms with Gasteiger partial charge in [-0.3, -0.25) is 4.79 Å². The van der Waals surface area contributed by atoms with Crippen LogP contribution in [0.1, 0.15) is 15.2 Å². The first-order valence-electron chi connectivity index (χ1n) is 8.17. The summed E-state index contributed by atoms with van der Waals surface area (Å²) in [5.74, 6) is 0.977. The molecule has 0 spiro atoms. The summed E-state index contributed by atoms with van der Waals surface area (Å²) in [5, 5.41) is 11.3. The van der Waals surface area contributed by atoms with E-state index in [4.69, 9.17) is 4.74 Å². The molecule has 4 aromatic rings. The predicted octanol–water partition coefficient (Wildman–Crippen LogP) is 4.41. The lowest BCUT2D eigenvalue weighted by molar-refractivity contribution is 0.102. The van der Waals surface area contributed by atoms with E-state index in [1.807, 2.05) is 53.9 Å². The van der Waals surface area contributed by atoms with Gasteiger partial charge in [-0.25, -0.2) is 4.68 Å². The van der Waals surface area contributed by atoms with Crippen molar-refractivity contribution in [2.24, 2.45) is 0 Å².